The molecule has 6 nitrogen and oxygen atoms in total. The number of nitriles is 1. The second-order valence-electron chi connectivity index (χ2n) is 8.38. The van der Waals surface area contributed by atoms with Crippen LogP contribution >= 0.6 is 0 Å². The monoisotopic (exact) mass is 398 g/mol. The lowest BCUT2D eigenvalue weighted by Gasteiger charge is -2.37. The molecule has 0 N–H and O–H groups in total. The van der Waals surface area contributed by atoms with E-state index in [0.717, 1.165) is 65.7 Å². The van der Waals surface area contributed by atoms with Crippen molar-refractivity contribution in [3.05, 3.63) is 53.9 Å². The van der Waals surface area contributed by atoms with Gasteiger partial charge in [-0.1, -0.05) is 12.1 Å². The van der Waals surface area contributed by atoms with Crippen molar-refractivity contribution in [2.24, 2.45) is 0 Å². The molecule has 1 aliphatic carbocycles. The van der Waals surface area contributed by atoms with Crippen LogP contribution in [0.25, 0.3) is 10.9 Å². The second-order valence-corrected chi connectivity index (χ2v) is 8.38. The maximum absolute atomic E-state index is 9.45. The molecular formula is C24H26N6. The van der Waals surface area contributed by atoms with Crippen molar-refractivity contribution < 1.29 is 0 Å². The Bertz CT molecular complexity index is 1120. The zero-order chi connectivity index (χ0) is 20.7. The van der Waals surface area contributed by atoms with E-state index in [2.05, 4.69) is 53.1 Å². The Kier molecular flexibility index (Phi) is 4.66. The average molecular weight is 399 g/mol. The quantitative estimate of drug-likeness (QED) is 0.667. The van der Waals surface area contributed by atoms with Crippen LogP contribution in [0.1, 0.15) is 30.1 Å². The Hall–Kier alpha value is -3.33. The van der Waals surface area contributed by atoms with E-state index in [1.165, 1.54) is 12.8 Å². The average Bonchev–Trinajstić information content (AvgIpc) is 3.63. The van der Waals surface area contributed by atoms with E-state index in [4.69, 9.17) is 9.97 Å². The van der Waals surface area contributed by atoms with Gasteiger partial charge < -0.3 is 14.7 Å². The molecule has 0 bridgehead atoms. The van der Waals surface area contributed by atoms with Gasteiger partial charge in [0, 0.05) is 57.3 Å². The number of hydrogen-bond donors (Lipinski definition) is 0. The van der Waals surface area contributed by atoms with E-state index in [9.17, 15) is 5.26 Å². The largest absolute Gasteiger partial charge is 0.378 e. The van der Waals surface area contributed by atoms with Crippen LogP contribution in [0.3, 0.4) is 0 Å². The highest BCUT2D eigenvalue weighted by molar-refractivity contribution is 5.92. The molecule has 0 atom stereocenters. The van der Waals surface area contributed by atoms with E-state index in [1.807, 2.05) is 24.3 Å². The summed E-state index contributed by atoms with van der Waals surface area (Å²) in [5, 5.41) is 10.6. The number of benzene rings is 2. The zero-order valence-corrected chi connectivity index (χ0v) is 17.5. The van der Waals surface area contributed by atoms with E-state index in [1.54, 1.807) is 0 Å². The van der Waals surface area contributed by atoms with Crippen LogP contribution in [-0.2, 0) is 0 Å². The Morgan fingerprint density at radius 1 is 0.967 bits per heavy atom. The van der Waals surface area contributed by atoms with Gasteiger partial charge in [0.05, 0.1) is 16.8 Å². The summed E-state index contributed by atoms with van der Waals surface area (Å²) in [6.07, 6.45) is 2.39. The summed E-state index contributed by atoms with van der Waals surface area (Å²) in [6.45, 7) is 3.50. The van der Waals surface area contributed by atoms with Crippen molar-refractivity contribution in [1.29, 1.82) is 5.26 Å². The molecule has 1 aliphatic heterocycles. The van der Waals surface area contributed by atoms with Gasteiger partial charge in [-0.3, -0.25) is 0 Å². The standard InChI is InChI=1S/C24H26N6/c1-28(2)19-9-10-21-20(15-19)24(27-23(26-21)17-7-8-17)30-13-11-29(12-14-30)22-6-4-3-5-18(22)16-25/h3-6,9-10,15,17H,7-8,11-14H2,1-2H3. The van der Waals surface area contributed by atoms with Crippen LogP contribution in [0.4, 0.5) is 17.2 Å². The van der Waals surface area contributed by atoms with Gasteiger partial charge in [0.2, 0.25) is 0 Å². The Morgan fingerprint density at radius 3 is 2.40 bits per heavy atom. The summed E-state index contributed by atoms with van der Waals surface area (Å²) >= 11 is 0. The molecule has 5 rings (SSSR count). The van der Waals surface area contributed by atoms with E-state index in [-0.39, 0.29) is 0 Å². The molecule has 0 amide bonds. The Labute approximate surface area is 177 Å². The first kappa shape index (κ1) is 18.7. The smallest absolute Gasteiger partial charge is 0.140 e. The second kappa shape index (κ2) is 7.49. The molecule has 2 fully saturated rings. The SMILES string of the molecule is CN(C)c1ccc2nc(C3CC3)nc(N3CCN(c4ccccc4C#N)CC3)c2c1. The molecule has 0 unspecified atom stereocenters. The predicted octanol–water partition coefficient (Wildman–Crippen LogP) is 3.77. The molecule has 2 aromatic carbocycles. The summed E-state index contributed by atoms with van der Waals surface area (Å²) in [4.78, 5) is 16.7. The van der Waals surface area contributed by atoms with Gasteiger partial charge in [-0.25, -0.2) is 9.97 Å². The fourth-order valence-corrected chi connectivity index (χ4v) is 4.16. The first-order valence-electron chi connectivity index (χ1n) is 10.6. The number of rotatable bonds is 4. The van der Waals surface area contributed by atoms with Crippen LogP contribution in [0.2, 0.25) is 0 Å². The molecule has 1 saturated heterocycles. The number of piperazine rings is 1. The Morgan fingerprint density at radius 2 is 1.70 bits per heavy atom. The number of anilines is 3. The van der Waals surface area contributed by atoms with Gasteiger partial charge in [0.15, 0.2) is 0 Å². The third-order valence-corrected chi connectivity index (χ3v) is 6.08. The van der Waals surface area contributed by atoms with Crippen LogP contribution in [0.5, 0.6) is 0 Å². The normalized spacial score (nSPS) is 16.6. The van der Waals surface area contributed by atoms with Gasteiger partial charge in [0.25, 0.3) is 0 Å². The lowest BCUT2D eigenvalue weighted by atomic mass is 10.1. The number of aromatic nitrogens is 2. The highest BCUT2D eigenvalue weighted by Crippen LogP contribution is 2.40. The summed E-state index contributed by atoms with van der Waals surface area (Å²) < 4.78 is 0. The topological polar surface area (TPSA) is 59.3 Å². The molecular weight excluding hydrogens is 372 g/mol. The molecule has 152 valence electrons. The number of nitrogens with zero attached hydrogens (tertiary/aromatic N) is 6. The highest BCUT2D eigenvalue weighted by atomic mass is 15.3. The van der Waals surface area contributed by atoms with Crippen molar-refractivity contribution in [2.75, 3.05) is 55.0 Å². The van der Waals surface area contributed by atoms with Crippen molar-refractivity contribution in [3.63, 3.8) is 0 Å². The van der Waals surface area contributed by atoms with Gasteiger partial charge in [0.1, 0.15) is 17.7 Å². The van der Waals surface area contributed by atoms with E-state index in [0.29, 0.717) is 5.92 Å². The summed E-state index contributed by atoms with van der Waals surface area (Å²) in [5.74, 6) is 2.57. The molecule has 0 spiro atoms. The fraction of sp³-hybridized carbons (Fsp3) is 0.375. The minimum absolute atomic E-state index is 0.519. The molecule has 2 aliphatic rings. The van der Waals surface area contributed by atoms with Gasteiger partial charge in [-0.15, -0.1) is 0 Å². The molecule has 2 heterocycles. The summed E-state index contributed by atoms with van der Waals surface area (Å²) in [5.41, 5.74) is 3.96. The molecule has 1 aromatic heterocycles. The van der Waals surface area contributed by atoms with Gasteiger partial charge >= 0.3 is 0 Å². The van der Waals surface area contributed by atoms with Crippen LogP contribution in [0.15, 0.2) is 42.5 Å². The van der Waals surface area contributed by atoms with Crippen molar-refractivity contribution in [2.45, 2.75) is 18.8 Å². The number of para-hydroxylation sites is 1. The van der Waals surface area contributed by atoms with Gasteiger partial charge in [-0.05, 0) is 43.2 Å². The van der Waals surface area contributed by atoms with Gasteiger partial charge in [-0.2, -0.15) is 5.26 Å². The minimum atomic E-state index is 0.519. The maximum Gasteiger partial charge on any atom is 0.140 e. The molecule has 30 heavy (non-hydrogen) atoms. The van der Waals surface area contributed by atoms with E-state index < -0.39 is 0 Å². The van der Waals surface area contributed by atoms with Crippen LogP contribution in [-0.4, -0.2) is 50.2 Å². The zero-order valence-electron chi connectivity index (χ0n) is 17.5. The van der Waals surface area contributed by atoms with E-state index >= 15 is 0 Å². The maximum atomic E-state index is 9.45. The molecule has 6 heteroatoms. The molecule has 0 radical (unpaired) electrons. The van der Waals surface area contributed by atoms with Crippen molar-refractivity contribution >= 4 is 28.1 Å². The lowest BCUT2D eigenvalue weighted by Crippen LogP contribution is -2.47. The molecule has 3 aromatic rings. The fourth-order valence-electron chi connectivity index (χ4n) is 4.16. The van der Waals surface area contributed by atoms with Crippen LogP contribution < -0.4 is 14.7 Å². The summed E-state index contributed by atoms with van der Waals surface area (Å²) in [6, 6.07) is 16.7. The first-order valence-corrected chi connectivity index (χ1v) is 10.6. The number of hydrogen-bond acceptors (Lipinski definition) is 6. The van der Waals surface area contributed by atoms with Crippen molar-refractivity contribution in [1.82, 2.24) is 9.97 Å². The minimum Gasteiger partial charge on any atom is -0.378 e. The van der Waals surface area contributed by atoms with Crippen LogP contribution in [0, 0.1) is 11.3 Å². The highest BCUT2D eigenvalue weighted by Gasteiger charge is 2.29. The number of fused-ring (bicyclic) bond motifs is 1. The third kappa shape index (κ3) is 3.41. The summed E-state index contributed by atoms with van der Waals surface area (Å²) in [7, 11) is 4.12. The van der Waals surface area contributed by atoms with Crippen molar-refractivity contribution in [3.8, 4) is 6.07 Å². The lowest BCUT2D eigenvalue weighted by molar-refractivity contribution is 0.646. The first-order chi connectivity index (χ1) is 14.6. The predicted molar refractivity (Wildman–Crippen MR) is 121 cm³/mol. The third-order valence-electron chi connectivity index (χ3n) is 6.08. The Balaban J connectivity index is 1.47. The molecule has 1 saturated carbocycles.